The number of piperidine rings is 2. The van der Waals surface area contributed by atoms with Gasteiger partial charge in [-0.1, -0.05) is 18.6 Å². The highest BCUT2D eigenvalue weighted by molar-refractivity contribution is 14.0. The van der Waals surface area contributed by atoms with Gasteiger partial charge in [0, 0.05) is 32.7 Å². The molecule has 7 heteroatoms. The molecule has 0 radical (unpaired) electrons. The second kappa shape index (κ2) is 12.1. The summed E-state index contributed by atoms with van der Waals surface area (Å²) >= 11 is 0. The third-order valence-corrected chi connectivity index (χ3v) is 6.67. The van der Waals surface area contributed by atoms with Gasteiger partial charge in [-0.3, -0.25) is 9.89 Å². The molecule has 0 aromatic heterocycles. The molecular formula is C23H40IN5O. The van der Waals surface area contributed by atoms with Crippen molar-refractivity contribution < 1.29 is 4.74 Å². The van der Waals surface area contributed by atoms with E-state index in [0.717, 1.165) is 24.8 Å². The largest absolute Gasteiger partial charge is 0.497 e. The molecular weight excluding hydrogens is 489 g/mol. The van der Waals surface area contributed by atoms with Crippen LogP contribution < -0.4 is 10.1 Å². The number of nitrogens with zero attached hydrogens (tertiary/aromatic N) is 4. The van der Waals surface area contributed by atoms with E-state index < -0.39 is 0 Å². The van der Waals surface area contributed by atoms with Gasteiger partial charge >= 0.3 is 0 Å². The molecule has 30 heavy (non-hydrogen) atoms. The number of halogens is 1. The number of hydrogen-bond acceptors (Lipinski definition) is 4. The van der Waals surface area contributed by atoms with E-state index in [2.05, 4.69) is 51.2 Å². The number of likely N-dealkylation sites (tertiary alicyclic amines) is 2. The maximum Gasteiger partial charge on any atom is 0.193 e. The monoisotopic (exact) mass is 529 g/mol. The van der Waals surface area contributed by atoms with Crippen LogP contribution in [0.15, 0.2) is 29.3 Å². The van der Waals surface area contributed by atoms with Crippen LogP contribution in [0.25, 0.3) is 0 Å². The quantitative estimate of drug-likeness (QED) is 0.348. The van der Waals surface area contributed by atoms with Gasteiger partial charge in [-0.2, -0.15) is 0 Å². The molecule has 0 amide bonds. The summed E-state index contributed by atoms with van der Waals surface area (Å²) in [5.41, 5.74) is 1.50. The fourth-order valence-electron chi connectivity index (χ4n) is 4.72. The molecule has 2 heterocycles. The van der Waals surface area contributed by atoms with Crippen LogP contribution in [0.4, 0.5) is 0 Å². The number of aliphatic imine (C=N–C) groups is 1. The smallest absolute Gasteiger partial charge is 0.193 e. The first-order chi connectivity index (χ1) is 14.1. The zero-order valence-electron chi connectivity index (χ0n) is 19.2. The first-order valence-corrected chi connectivity index (χ1v) is 11.0. The second-order valence-electron chi connectivity index (χ2n) is 8.68. The summed E-state index contributed by atoms with van der Waals surface area (Å²) in [6, 6.07) is 8.27. The minimum Gasteiger partial charge on any atom is -0.497 e. The first kappa shape index (κ1) is 25.2. The van der Waals surface area contributed by atoms with Crippen LogP contribution in [0.3, 0.4) is 0 Å². The van der Waals surface area contributed by atoms with E-state index in [-0.39, 0.29) is 29.5 Å². The lowest BCUT2D eigenvalue weighted by Gasteiger charge is -2.50. The van der Waals surface area contributed by atoms with Gasteiger partial charge in [0.2, 0.25) is 0 Å². The topological polar surface area (TPSA) is 43.3 Å². The van der Waals surface area contributed by atoms with Gasteiger partial charge in [0.25, 0.3) is 0 Å². The molecule has 6 nitrogen and oxygen atoms in total. The maximum atomic E-state index is 5.27. The van der Waals surface area contributed by atoms with Gasteiger partial charge in [0.05, 0.1) is 7.11 Å². The molecule has 2 aliphatic heterocycles. The Labute approximate surface area is 200 Å². The van der Waals surface area contributed by atoms with Crippen LogP contribution in [-0.4, -0.2) is 87.2 Å². The predicted octanol–water partition coefficient (Wildman–Crippen LogP) is 3.27. The highest BCUT2D eigenvalue weighted by atomic mass is 127. The Morgan fingerprint density at radius 1 is 1.10 bits per heavy atom. The maximum absolute atomic E-state index is 5.27. The van der Waals surface area contributed by atoms with Crippen molar-refractivity contribution in [1.29, 1.82) is 0 Å². The van der Waals surface area contributed by atoms with Crippen molar-refractivity contribution >= 4 is 29.9 Å². The lowest BCUT2D eigenvalue weighted by atomic mass is 9.84. The van der Waals surface area contributed by atoms with Crippen molar-refractivity contribution in [2.75, 3.05) is 61.0 Å². The molecule has 3 rings (SSSR count). The number of ether oxygens (including phenoxy) is 1. The van der Waals surface area contributed by atoms with Crippen LogP contribution in [0, 0.1) is 0 Å². The number of benzene rings is 1. The summed E-state index contributed by atoms with van der Waals surface area (Å²) in [4.78, 5) is 12.0. The molecule has 2 saturated heterocycles. The number of hydrogen-bond donors (Lipinski definition) is 1. The number of methoxy groups -OCH3 is 1. The Morgan fingerprint density at radius 2 is 1.73 bits per heavy atom. The molecule has 0 atom stereocenters. The summed E-state index contributed by atoms with van der Waals surface area (Å²) in [6.07, 6.45) is 6.52. The summed E-state index contributed by atoms with van der Waals surface area (Å²) in [5.74, 6) is 1.86. The van der Waals surface area contributed by atoms with Crippen LogP contribution in [0.5, 0.6) is 5.75 Å². The Bertz CT molecular complexity index is 652. The van der Waals surface area contributed by atoms with Gasteiger partial charge in [-0.15, -0.1) is 24.0 Å². The first-order valence-electron chi connectivity index (χ1n) is 11.0. The molecule has 1 aromatic carbocycles. The normalized spacial score (nSPS) is 20.3. The standard InChI is InChI=1S/C23H39N5O.HI/c1-24-22(27(3)18-20-8-10-21(29-4)11-9-20)25-19-23(12-16-26(2)17-13-23)28-14-6-5-7-15-28;/h8-11H,5-7,12-19H2,1-4H3,(H,24,25);1H. The van der Waals surface area contributed by atoms with E-state index in [9.17, 15) is 0 Å². The fourth-order valence-corrected chi connectivity index (χ4v) is 4.72. The van der Waals surface area contributed by atoms with Crippen molar-refractivity contribution in [2.24, 2.45) is 4.99 Å². The van der Waals surface area contributed by atoms with Crippen LogP contribution in [0.1, 0.15) is 37.7 Å². The SMILES string of the molecule is CN=C(NCC1(N2CCCCC2)CCN(C)CC1)N(C)Cc1ccc(OC)cc1.I. The van der Waals surface area contributed by atoms with Crippen LogP contribution in [0.2, 0.25) is 0 Å². The van der Waals surface area contributed by atoms with Crippen LogP contribution in [-0.2, 0) is 6.54 Å². The average Bonchev–Trinajstić information content (AvgIpc) is 2.77. The minimum atomic E-state index is 0. The molecule has 0 saturated carbocycles. The van der Waals surface area contributed by atoms with Gasteiger partial charge in [-0.25, -0.2) is 0 Å². The third kappa shape index (κ3) is 6.47. The number of guanidine groups is 1. The number of nitrogens with one attached hydrogen (secondary N) is 1. The van der Waals surface area contributed by atoms with Gasteiger partial charge < -0.3 is 19.9 Å². The molecule has 0 aliphatic carbocycles. The van der Waals surface area contributed by atoms with Crippen molar-refractivity contribution in [2.45, 2.75) is 44.2 Å². The Balaban J connectivity index is 0.00000320. The lowest BCUT2D eigenvalue weighted by Crippen LogP contribution is -2.62. The highest BCUT2D eigenvalue weighted by Gasteiger charge is 2.39. The Morgan fingerprint density at radius 3 is 2.30 bits per heavy atom. The second-order valence-corrected chi connectivity index (χ2v) is 8.68. The van der Waals surface area contributed by atoms with Crippen molar-refractivity contribution in [3.05, 3.63) is 29.8 Å². The molecule has 0 unspecified atom stereocenters. The van der Waals surface area contributed by atoms with E-state index in [1.807, 2.05) is 19.2 Å². The van der Waals surface area contributed by atoms with E-state index in [1.165, 1.54) is 63.8 Å². The minimum absolute atomic E-state index is 0. The molecule has 1 aromatic rings. The fraction of sp³-hybridized carbons (Fsp3) is 0.696. The van der Waals surface area contributed by atoms with E-state index in [4.69, 9.17) is 4.74 Å². The van der Waals surface area contributed by atoms with Gasteiger partial charge in [0.1, 0.15) is 5.75 Å². The summed E-state index contributed by atoms with van der Waals surface area (Å²) in [6.45, 7) is 6.64. The summed E-state index contributed by atoms with van der Waals surface area (Å²) in [5, 5.41) is 3.73. The molecule has 0 spiro atoms. The van der Waals surface area contributed by atoms with Crippen molar-refractivity contribution in [3.63, 3.8) is 0 Å². The van der Waals surface area contributed by atoms with Crippen molar-refractivity contribution in [3.8, 4) is 5.75 Å². The predicted molar refractivity (Wildman–Crippen MR) is 136 cm³/mol. The Hall–Kier alpha value is -1.06. The summed E-state index contributed by atoms with van der Waals surface area (Å²) < 4.78 is 5.27. The molecule has 170 valence electrons. The molecule has 2 fully saturated rings. The van der Waals surface area contributed by atoms with Gasteiger partial charge in [-0.05, 0) is 76.6 Å². The van der Waals surface area contributed by atoms with Crippen molar-refractivity contribution in [1.82, 2.24) is 20.0 Å². The molecule has 1 N–H and O–H groups in total. The zero-order chi connectivity index (χ0) is 20.7. The molecule has 0 bridgehead atoms. The summed E-state index contributed by atoms with van der Waals surface area (Å²) in [7, 11) is 7.94. The van der Waals surface area contributed by atoms with Crippen LogP contribution >= 0.6 is 24.0 Å². The third-order valence-electron chi connectivity index (χ3n) is 6.67. The average molecular weight is 530 g/mol. The van der Waals surface area contributed by atoms with E-state index in [0.29, 0.717) is 0 Å². The Kier molecular flexibility index (Phi) is 10.2. The highest BCUT2D eigenvalue weighted by Crippen LogP contribution is 2.31. The van der Waals surface area contributed by atoms with Gasteiger partial charge in [0.15, 0.2) is 5.96 Å². The number of rotatable bonds is 6. The van der Waals surface area contributed by atoms with E-state index in [1.54, 1.807) is 7.11 Å². The molecule has 2 aliphatic rings. The lowest BCUT2D eigenvalue weighted by molar-refractivity contribution is 0.0170. The van der Waals surface area contributed by atoms with E-state index >= 15 is 0 Å². The zero-order valence-corrected chi connectivity index (χ0v) is 21.5.